The van der Waals surface area contributed by atoms with E-state index in [1.54, 1.807) is 6.20 Å². The highest BCUT2D eigenvalue weighted by molar-refractivity contribution is 6.33. The lowest BCUT2D eigenvalue weighted by Gasteiger charge is -2.24. The summed E-state index contributed by atoms with van der Waals surface area (Å²) >= 11 is 6.55. The van der Waals surface area contributed by atoms with Gasteiger partial charge in [0.15, 0.2) is 0 Å². The quantitative estimate of drug-likeness (QED) is 0.338. The molecule has 0 aliphatic heterocycles. The van der Waals surface area contributed by atoms with Crippen LogP contribution in [0.3, 0.4) is 0 Å². The highest BCUT2D eigenvalue weighted by Crippen LogP contribution is 2.35. The summed E-state index contributed by atoms with van der Waals surface area (Å²) in [5, 5.41) is 7.78. The van der Waals surface area contributed by atoms with Crippen LogP contribution in [0.4, 0.5) is 23.0 Å². The average molecular weight is 506 g/mol. The molecule has 0 saturated carbocycles. The van der Waals surface area contributed by atoms with Gasteiger partial charge in [-0.25, -0.2) is 9.97 Å². The number of carbonyl (C=O) groups excluding carboxylic acids is 1. The third-order valence-corrected chi connectivity index (χ3v) is 6.34. The zero-order chi connectivity index (χ0) is 26.0. The molecule has 4 aromatic rings. The number of benzene rings is 2. The summed E-state index contributed by atoms with van der Waals surface area (Å²) < 4.78 is 2.09. The molecule has 0 radical (unpaired) electrons. The minimum Gasteiger partial charge on any atom is -0.372 e. The molecule has 0 atom stereocenters. The number of nitrogens with zero attached hydrogens (tertiary/aromatic N) is 5. The van der Waals surface area contributed by atoms with Gasteiger partial charge in [-0.15, -0.1) is 0 Å². The van der Waals surface area contributed by atoms with Crippen LogP contribution in [0.1, 0.15) is 12.5 Å². The van der Waals surface area contributed by atoms with Crippen molar-refractivity contribution in [3.63, 3.8) is 0 Å². The molecule has 0 saturated heterocycles. The summed E-state index contributed by atoms with van der Waals surface area (Å²) in [4.78, 5) is 25.3. The number of amides is 1. The fourth-order valence-electron chi connectivity index (χ4n) is 4.31. The number of anilines is 4. The number of carbonyl (C=O) groups is 1. The second-order valence-electron chi connectivity index (χ2n) is 9.28. The van der Waals surface area contributed by atoms with Gasteiger partial charge < -0.3 is 25.0 Å². The summed E-state index contributed by atoms with van der Waals surface area (Å²) in [6, 6.07) is 12.0. The Morgan fingerprint density at radius 2 is 1.92 bits per heavy atom. The summed E-state index contributed by atoms with van der Waals surface area (Å²) in [6.45, 7) is 5.31. The van der Waals surface area contributed by atoms with Crippen LogP contribution in [-0.4, -0.2) is 59.6 Å². The summed E-state index contributed by atoms with van der Waals surface area (Å²) in [5.41, 5.74) is 6.34. The minimum atomic E-state index is -0.134. The van der Waals surface area contributed by atoms with Crippen LogP contribution in [0.5, 0.6) is 0 Å². The first-order valence-corrected chi connectivity index (χ1v) is 12.1. The fraction of sp³-hybridized carbons (Fsp3) is 0.296. The van der Waals surface area contributed by atoms with Gasteiger partial charge in [0.2, 0.25) is 11.9 Å². The number of para-hydroxylation sites is 1. The lowest BCUT2D eigenvalue weighted by atomic mass is 10.1. The molecule has 0 unspecified atom stereocenters. The van der Waals surface area contributed by atoms with Crippen molar-refractivity contribution in [1.29, 1.82) is 0 Å². The van der Waals surface area contributed by atoms with Crippen molar-refractivity contribution in [3.8, 4) is 11.3 Å². The van der Waals surface area contributed by atoms with E-state index in [1.165, 1.54) is 12.5 Å². The topological polar surface area (TPSA) is 78.3 Å². The number of fused-ring (bicyclic) bond motifs is 1. The number of nitrogens with one attached hydrogen (secondary N) is 2. The number of hydrogen-bond acceptors (Lipinski definition) is 6. The number of aryl methyl sites for hydroxylation is 2. The molecule has 36 heavy (non-hydrogen) atoms. The van der Waals surface area contributed by atoms with Crippen molar-refractivity contribution in [2.24, 2.45) is 7.05 Å². The van der Waals surface area contributed by atoms with Crippen LogP contribution < -0.4 is 15.5 Å². The smallest absolute Gasteiger partial charge is 0.227 e. The van der Waals surface area contributed by atoms with Crippen molar-refractivity contribution in [3.05, 3.63) is 59.4 Å². The molecule has 1 amide bonds. The molecule has 0 aliphatic carbocycles. The van der Waals surface area contributed by atoms with Crippen molar-refractivity contribution in [2.75, 3.05) is 49.8 Å². The first-order chi connectivity index (χ1) is 17.1. The summed E-state index contributed by atoms with van der Waals surface area (Å²) in [6.07, 6.45) is 3.65. The highest BCUT2D eigenvalue weighted by atomic mass is 35.5. The molecular weight excluding hydrogens is 474 g/mol. The van der Waals surface area contributed by atoms with Crippen LogP contribution in [0.15, 0.2) is 48.8 Å². The van der Waals surface area contributed by atoms with E-state index in [1.807, 2.05) is 58.7 Å². The molecule has 0 bridgehead atoms. The van der Waals surface area contributed by atoms with Crippen LogP contribution in [0, 0.1) is 6.92 Å². The molecule has 0 fully saturated rings. The third kappa shape index (κ3) is 5.45. The first-order valence-electron chi connectivity index (χ1n) is 11.8. The van der Waals surface area contributed by atoms with Gasteiger partial charge in [-0.05, 0) is 44.8 Å². The van der Waals surface area contributed by atoms with Crippen LogP contribution >= 0.6 is 11.6 Å². The zero-order valence-corrected chi connectivity index (χ0v) is 22.3. The molecule has 2 heterocycles. The normalized spacial score (nSPS) is 11.2. The average Bonchev–Trinajstić information content (AvgIpc) is 3.16. The van der Waals surface area contributed by atoms with Gasteiger partial charge >= 0.3 is 0 Å². The largest absolute Gasteiger partial charge is 0.372 e. The monoisotopic (exact) mass is 505 g/mol. The van der Waals surface area contributed by atoms with Gasteiger partial charge in [0, 0.05) is 56.9 Å². The second kappa shape index (κ2) is 10.6. The molecule has 188 valence electrons. The van der Waals surface area contributed by atoms with Gasteiger partial charge in [-0.3, -0.25) is 4.79 Å². The van der Waals surface area contributed by atoms with Crippen molar-refractivity contribution in [1.82, 2.24) is 19.4 Å². The Morgan fingerprint density at radius 3 is 2.64 bits per heavy atom. The van der Waals surface area contributed by atoms with Crippen LogP contribution in [-0.2, 0) is 11.8 Å². The Balaban J connectivity index is 1.67. The van der Waals surface area contributed by atoms with Crippen LogP contribution in [0.2, 0.25) is 5.02 Å². The molecule has 9 heteroatoms. The maximum absolute atomic E-state index is 11.9. The Bertz CT molecular complexity index is 1410. The van der Waals surface area contributed by atoms with E-state index in [2.05, 4.69) is 49.0 Å². The fourth-order valence-corrected chi connectivity index (χ4v) is 4.51. The molecule has 0 aliphatic rings. The van der Waals surface area contributed by atoms with E-state index in [9.17, 15) is 4.79 Å². The predicted molar refractivity (Wildman–Crippen MR) is 150 cm³/mol. The van der Waals surface area contributed by atoms with Crippen molar-refractivity contribution < 1.29 is 4.79 Å². The van der Waals surface area contributed by atoms with Gasteiger partial charge in [-0.1, -0.05) is 29.8 Å². The van der Waals surface area contributed by atoms with E-state index in [0.29, 0.717) is 22.4 Å². The lowest BCUT2D eigenvalue weighted by molar-refractivity contribution is -0.114. The Labute approximate surface area is 216 Å². The number of aromatic nitrogens is 3. The molecule has 0 spiro atoms. The van der Waals surface area contributed by atoms with E-state index < -0.39 is 0 Å². The molecule has 2 aromatic carbocycles. The third-order valence-electron chi connectivity index (χ3n) is 6.06. The second-order valence-corrected chi connectivity index (χ2v) is 9.69. The van der Waals surface area contributed by atoms with Crippen LogP contribution in [0.25, 0.3) is 22.2 Å². The highest BCUT2D eigenvalue weighted by Gasteiger charge is 2.16. The Morgan fingerprint density at radius 1 is 1.14 bits per heavy atom. The Kier molecular flexibility index (Phi) is 7.47. The van der Waals surface area contributed by atoms with E-state index in [-0.39, 0.29) is 5.91 Å². The molecule has 4 rings (SSSR count). The van der Waals surface area contributed by atoms with Crippen molar-refractivity contribution in [2.45, 2.75) is 13.8 Å². The maximum Gasteiger partial charge on any atom is 0.227 e. The predicted octanol–water partition coefficient (Wildman–Crippen LogP) is 5.30. The number of hydrogen-bond donors (Lipinski definition) is 2. The summed E-state index contributed by atoms with van der Waals surface area (Å²) in [5.74, 6) is 0.284. The standard InChI is InChI=1S/C27H32ClN7O/c1-17-8-7-9-20-21(16-35(6)26(17)20)25-22(28)15-29-27(32-25)31-19-10-11-24(23(14-19)30-18(2)36)34(5)13-12-33(3)4/h7-11,14-16H,12-13H2,1-6H3,(H,30,36)(H,29,31,32). The van der Waals surface area contributed by atoms with Crippen molar-refractivity contribution >= 4 is 51.4 Å². The first kappa shape index (κ1) is 25.5. The molecule has 2 N–H and O–H groups in total. The van der Waals surface area contributed by atoms with Gasteiger partial charge in [0.1, 0.15) is 0 Å². The SMILES string of the molecule is CC(=O)Nc1cc(Nc2ncc(Cl)c(-c3cn(C)c4c(C)cccc34)n2)ccc1N(C)CCN(C)C. The van der Waals surface area contributed by atoms with E-state index >= 15 is 0 Å². The molecular formula is C27H32ClN7O. The van der Waals surface area contributed by atoms with Gasteiger partial charge in [0.05, 0.1) is 33.8 Å². The minimum absolute atomic E-state index is 0.134. The lowest BCUT2D eigenvalue weighted by Crippen LogP contribution is -2.29. The Hall–Kier alpha value is -3.62. The van der Waals surface area contributed by atoms with Gasteiger partial charge in [0.25, 0.3) is 0 Å². The zero-order valence-electron chi connectivity index (χ0n) is 21.6. The van der Waals surface area contributed by atoms with E-state index in [0.717, 1.165) is 40.9 Å². The molecule has 8 nitrogen and oxygen atoms in total. The number of likely N-dealkylation sites (N-methyl/N-ethyl adjacent to an activating group) is 2. The summed E-state index contributed by atoms with van der Waals surface area (Å²) in [7, 11) is 8.11. The number of rotatable bonds is 8. The van der Waals surface area contributed by atoms with E-state index in [4.69, 9.17) is 16.6 Å². The number of halogens is 1. The maximum atomic E-state index is 11.9. The van der Waals surface area contributed by atoms with Gasteiger partial charge in [-0.2, -0.15) is 0 Å². The molecule has 2 aromatic heterocycles.